The van der Waals surface area contributed by atoms with Crippen molar-refractivity contribution in [2.45, 2.75) is 44.2 Å². The Labute approximate surface area is 185 Å². The van der Waals surface area contributed by atoms with Gasteiger partial charge in [0.15, 0.2) is 11.4 Å². The molecule has 0 fully saturated rings. The van der Waals surface area contributed by atoms with Crippen LogP contribution in [0.4, 0.5) is 25.1 Å². The van der Waals surface area contributed by atoms with Gasteiger partial charge in [-0.25, -0.2) is 4.68 Å². The van der Waals surface area contributed by atoms with Crippen LogP contribution in [0.15, 0.2) is 35.2 Å². The van der Waals surface area contributed by atoms with Gasteiger partial charge >= 0.3 is 10.2 Å². The third-order valence-corrected chi connectivity index (χ3v) is 6.04. The molecule has 0 unspecified atom stereocenters. The second kappa shape index (κ2) is 7.71. The predicted molar refractivity (Wildman–Crippen MR) is 114 cm³/mol. The van der Waals surface area contributed by atoms with Crippen molar-refractivity contribution in [3.05, 3.63) is 41.5 Å². The zero-order chi connectivity index (χ0) is 24.7. The van der Waals surface area contributed by atoms with Crippen LogP contribution in [-0.2, 0) is 6.54 Å². The molecule has 3 aromatic rings. The summed E-state index contributed by atoms with van der Waals surface area (Å²) in [4.78, 5) is 10.5. The van der Waals surface area contributed by atoms with Gasteiger partial charge in [0.1, 0.15) is 11.4 Å². The summed E-state index contributed by atoms with van der Waals surface area (Å²) in [5.41, 5.74) is -1.05. The molecule has 0 radical (unpaired) electrons. The molecule has 0 spiro atoms. The Morgan fingerprint density at radius 3 is 2.36 bits per heavy atom. The molecule has 0 bridgehead atoms. The summed E-state index contributed by atoms with van der Waals surface area (Å²) in [7, 11) is -8.77. The van der Waals surface area contributed by atoms with Crippen LogP contribution in [0.1, 0.15) is 37.0 Å². The predicted octanol–water partition coefficient (Wildman–Crippen LogP) is 5.16. The van der Waals surface area contributed by atoms with Crippen LogP contribution >= 0.6 is 10.2 Å². The number of hydrogen-bond acceptors (Lipinski definition) is 6. The van der Waals surface area contributed by atoms with Crippen LogP contribution in [0.5, 0.6) is 5.88 Å². The van der Waals surface area contributed by atoms with Gasteiger partial charge in [0.25, 0.3) is 0 Å². The Balaban J connectivity index is 1.96. The molecule has 2 N–H and O–H groups in total. The van der Waals surface area contributed by atoms with Crippen molar-refractivity contribution in [1.82, 2.24) is 19.4 Å². The molecule has 0 amide bonds. The lowest BCUT2D eigenvalue weighted by Crippen LogP contribution is -2.26. The standard InChI is InChI=1S/C19H23F5N6O2S/c1-4-14(5-2)32-18-7-6-17-27-29(19(25)30(17)28-18)11-16(31)12-8-13(26-3)10-15(9-12)33(20,21,22,23)24/h6-10,14,25-26H,4-5,11H2,1-3H3. The maximum absolute atomic E-state index is 13.3. The zero-order valence-corrected chi connectivity index (χ0v) is 18.8. The van der Waals surface area contributed by atoms with Crippen molar-refractivity contribution in [2.24, 2.45) is 0 Å². The van der Waals surface area contributed by atoms with Gasteiger partial charge in [0, 0.05) is 24.4 Å². The molecule has 2 heterocycles. The average Bonchev–Trinajstić information content (AvgIpc) is 3.04. The third kappa shape index (κ3) is 5.43. The highest BCUT2D eigenvalue weighted by molar-refractivity contribution is 8.45. The lowest BCUT2D eigenvalue weighted by molar-refractivity contribution is 0.0965. The number of Topliss-reactive ketones (excluding diaryl/α,β-unsaturated/α-hetero) is 1. The maximum Gasteiger partial charge on any atom is 0.310 e. The minimum absolute atomic E-state index is 0.0794. The molecule has 0 saturated carbocycles. The van der Waals surface area contributed by atoms with Gasteiger partial charge in [-0.3, -0.25) is 10.2 Å². The number of carbonyl (C=O) groups excluding carboxylic acids is 1. The number of rotatable bonds is 9. The number of fused-ring (bicyclic) bond motifs is 1. The van der Waals surface area contributed by atoms with Crippen LogP contribution in [0.2, 0.25) is 0 Å². The monoisotopic (exact) mass is 494 g/mol. The largest absolute Gasteiger partial charge is 0.473 e. The second-order valence-corrected chi connectivity index (χ2v) is 9.78. The Kier molecular flexibility index (Phi) is 5.72. The van der Waals surface area contributed by atoms with E-state index in [-0.39, 0.29) is 41.1 Å². The summed E-state index contributed by atoms with van der Waals surface area (Å²) in [6.07, 6.45) is 1.41. The van der Waals surface area contributed by atoms with E-state index < -0.39 is 33.0 Å². The van der Waals surface area contributed by atoms with Crippen LogP contribution in [0, 0.1) is 5.41 Å². The molecule has 0 saturated heterocycles. The van der Waals surface area contributed by atoms with Gasteiger partial charge in [0.2, 0.25) is 11.5 Å². The highest BCUT2D eigenvalue weighted by Crippen LogP contribution is 3.02. The average molecular weight is 494 g/mol. The molecule has 0 aliphatic carbocycles. The lowest BCUT2D eigenvalue weighted by Gasteiger charge is -2.40. The third-order valence-electron chi connectivity index (χ3n) is 4.91. The quantitative estimate of drug-likeness (QED) is 0.316. The highest BCUT2D eigenvalue weighted by Gasteiger charge is 2.65. The molecule has 2 aromatic heterocycles. The van der Waals surface area contributed by atoms with Crippen molar-refractivity contribution in [2.75, 3.05) is 12.4 Å². The molecule has 3 rings (SSSR count). The molecule has 0 aliphatic heterocycles. The Bertz CT molecular complexity index is 1270. The Hall–Kier alpha value is -3.16. The molecule has 33 heavy (non-hydrogen) atoms. The highest BCUT2D eigenvalue weighted by atomic mass is 32.5. The number of benzene rings is 1. The Morgan fingerprint density at radius 1 is 1.12 bits per heavy atom. The fourth-order valence-corrected chi connectivity index (χ4v) is 3.76. The van der Waals surface area contributed by atoms with E-state index in [0.29, 0.717) is 0 Å². The first kappa shape index (κ1) is 24.5. The topological polar surface area (TPSA) is 97.3 Å². The summed E-state index contributed by atoms with van der Waals surface area (Å²) in [6, 6.07) is 4.44. The Morgan fingerprint density at radius 2 is 1.79 bits per heavy atom. The molecular formula is C19H23F5N6O2S. The normalized spacial score (nSPS) is 14.2. The van der Waals surface area contributed by atoms with Crippen LogP contribution in [0.25, 0.3) is 5.65 Å². The summed E-state index contributed by atoms with van der Waals surface area (Å²) in [5, 5.41) is 18.8. The first-order valence-corrected chi connectivity index (χ1v) is 11.9. The number of nitrogens with one attached hydrogen (secondary N) is 2. The fraction of sp³-hybridized carbons (Fsp3) is 0.368. The molecule has 14 heteroatoms. The second-order valence-electron chi connectivity index (χ2n) is 7.37. The maximum atomic E-state index is 13.3. The molecule has 0 atom stereocenters. The van der Waals surface area contributed by atoms with E-state index in [2.05, 4.69) is 15.5 Å². The van der Waals surface area contributed by atoms with Crippen molar-refractivity contribution < 1.29 is 29.0 Å². The van der Waals surface area contributed by atoms with E-state index in [1.807, 2.05) is 13.8 Å². The number of halogens is 5. The molecular weight excluding hydrogens is 471 g/mol. The van der Waals surface area contributed by atoms with Gasteiger partial charge in [0.05, 0.1) is 6.10 Å². The summed E-state index contributed by atoms with van der Waals surface area (Å²) in [6.45, 7) is 3.24. The summed E-state index contributed by atoms with van der Waals surface area (Å²) >= 11 is 0. The number of nitrogens with zero attached hydrogens (tertiary/aromatic N) is 4. The fourth-order valence-electron chi connectivity index (χ4n) is 3.07. The van der Waals surface area contributed by atoms with Gasteiger partial charge in [-0.05, 0) is 37.1 Å². The van der Waals surface area contributed by atoms with Gasteiger partial charge in [-0.1, -0.05) is 33.3 Å². The number of ketones is 1. The van der Waals surface area contributed by atoms with Crippen molar-refractivity contribution >= 4 is 27.3 Å². The first-order valence-electron chi connectivity index (χ1n) is 9.93. The van der Waals surface area contributed by atoms with Gasteiger partial charge in [-0.2, -0.15) is 4.52 Å². The molecule has 8 nitrogen and oxygen atoms in total. The van der Waals surface area contributed by atoms with E-state index >= 15 is 0 Å². The summed E-state index contributed by atoms with van der Waals surface area (Å²) in [5.74, 6) is -0.701. The number of aromatic nitrogens is 4. The van der Waals surface area contributed by atoms with Crippen LogP contribution < -0.4 is 15.7 Å². The SMILES string of the molecule is CCC(CC)Oc1ccc2nn(CC(=O)c3cc(NC)cc(S(F)(F)(F)(F)F)c3)c(=N)n2n1. The number of anilines is 1. The van der Waals surface area contributed by atoms with Gasteiger partial charge < -0.3 is 10.1 Å². The zero-order valence-electron chi connectivity index (χ0n) is 18.0. The summed E-state index contributed by atoms with van der Waals surface area (Å²) < 4.78 is 74.3. The number of carbonyl (C=O) groups is 1. The van der Waals surface area contributed by atoms with Crippen molar-refractivity contribution in [3.8, 4) is 5.88 Å². The minimum Gasteiger partial charge on any atom is -0.473 e. The van der Waals surface area contributed by atoms with E-state index in [4.69, 9.17) is 10.1 Å². The first-order chi connectivity index (χ1) is 15.1. The van der Waals surface area contributed by atoms with E-state index in [1.54, 1.807) is 6.07 Å². The van der Waals surface area contributed by atoms with E-state index in [9.17, 15) is 24.2 Å². The molecule has 0 aliphatic rings. The molecule has 1 aromatic carbocycles. The molecule has 182 valence electrons. The van der Waals surface area contributed by atoms with Crippen LogP contribution in [0.3, 0.4) is 0 Å². The van der Waals surface area contributed by atoms with Crippen molar-refractivity contribution in [3.63, 3.8) is 0 Å². The van der Waals surface area contributed by atoms with Crippen molar-refractivity contribution in [1.29, 1.82) is 5.41 Å². The van der Waals surface area contributed by atoms with Gasteiger partial charge in [-0.15, -0.1) is 10.2 Å². The van der Waals surface area contributed by atoms with E-state index in [0.717, 1.165) is 28.1 Å². The van der Waals surface area contributed by atoms with Crippen LogP contribution in [-0.4, -0.2) is 38.3 Å². The number of hydrogen-bond donors (Lipinski definition) is 2. The lowest BCUT2D eigenvalue weighted by atomic mass is 10.1. The minimum atomic E-state index is -10.0. The number of ether oxygens (including phenoxy) is 1. The smallest absolute Gasteiger partial charge is 0.310 e. The van der Waals surface area contributed by atoms with E-state index in [1.165, 1.54) is 13.1 Å².